The van der Waals surface area contributed by atoms with E-state index in [-0.39, 0.29) is 0 Å². The van der Waals surface area contributed by atoms with Crippen molar-refractivity contribution in [3.63, 3.8) is 0 Å². The molecule has 0 saturated carbocycles. The van der Waals surface area contributed by atoms with Crippen LogP contribution < -0.4 is 0 Å². The second-order valence-electron chi connectivity index (χ2n) is 5.70. The minimum absolute atomic E-state index is 0.662. The van der Waals surface area contributed by atoms with Crippen molar-refractivity contribution in [1.82, 2.24) is 9.80 Å². The zero-order chi connectivity index (χ0) is 12.5. The van der Waals surface area contributed by atoms with E-state index < -0.39 is 0 Å². The molecular weight excluding hydrogens is 244 g/mol. The van der Waals surface area contributed by atoms with E-state index in [0.29, 0.717) is 6.04 Å². The first-order valence-electron chi connectivity index (χ1n) is 6.95. The average Bonchev–Trinajstić information content (AvgIpc) is 2.79. The predicted molar refractivity (Wildman–Crippen MR) is 75.9 cm³/mol. The van der Waals surface area contributed by atoms with Gasteiger partial charge in [0.1, 0.15) is 0 Å². The third-order valence-corrected chi connectivity index (χ3v) is 4.62. The lowest BCUT2D eigenvalue weighted by Crippen LogP contribution is -2.54. The SMILES string of the molecule is C[C@@H]1CN2CCC[C@H]2CN1Cc1ccc(Cl)cc1. The molecule has 0 aliphatic carbocycles. The van der Waals surface area contributed by atoms with Crippen LogP contribution in [-0.4, -0.2) is 41.5 Å². The highest BCUT2D eigenvalue weighted by atomic mass is 35.5. The Kier molecular flexibility index (Phi) is 3.60. The summed E-state index contributed by atoms with van der Waals surface area (Å²) in [5.41, 5.74) is 1.37. The molecule has 18 heavy (non-hydrogen) atoms. The molecule has 0 bridgehead atoms. The van der Waals surface area contributed by atoms with Crippen LogP contribution in [0.5, 0.6) is 0 Å². The zero-order valence-corrected chi connectivity index (χ0v) is 11.7. The standard InChI is InChI=1S/C15H21ClN2/c1-12-9-17-8-2-3-15(17)11-18(12)10-13-4-6-14(16)7-5-13/h4-7,12,15H,2-3,8-11H2,1H3/t12-,15+/m1/s1. The molecule has 3 heteroatoms. The van der Waals surface area contributed by atoms with Gasteiger partial charge in [0.15, 0.2) is 0 Å². The van der Waals surface area contributed by atoms with Crippen molar-refractivity contribution < 1.29 is 0 Å². The quantitative estimate of drug-likeness (QED) is 0.810. The van der Waals surface area contributed by atoms with Crippen LogP contribution in [0.25, 0.3) is 0 Å². The summed E-state index contributed by atoms with van der Waals surface area (Å²) >= 11 is 5.94. The van der Waals surface area contributed by atoms with Gasteiger partial charge < -0.3 is 0 Å². The van der Waals surface area contributed by atoms with E-state index in [2.05, 4.69) is 28.9 Å². The van der Waals surface area contributed by atoms with Crippen molar-refractivity contribution in [2.75, 3.05) is 19.6 Å². The molecule has 98 valence electrons. The molecule has 0 aromatic heterocycles. The molecule has 0 unspecified atom stereocenters. The Balaban J connectivity index is 1.66. The van der Waals surface area contributed by atoms with Gasteiger partial charge in [0.25, 0.3) is 0 Å². The zero-order valence-electron chi connectivity index (χ0n) is 11.0. The molecule has 0 radical (unpaired) electrons. The molecule has 1 aromatic carbocycles. The summed E-state index contributed by atoms with van der Waals surface area (Å²) in [5, 5.41) is 0.826. The summed E-state index contributed by atoms with van der Waals surface area (Å²) < 4.78 is 0. The number of halogens is 1. The van der Waals surface area contributed by atoms with Crippen LogP contribution in [0.2, 0.25) is 5.02 Å². The summed E-state index contributed by atoms with van der Waals surface area (Å²) in [6.07, 6.45) is 2.76. The molecule has 2 saturated heterocycles. The molecule has 0 spiro atoms. The van der Waals surface area contributed by atoms with Gasteiger partial charge in [-0.15, -0.1) is 0 Å². The minimum Gasteiger partial charge on any atom is -0.298 e. The summed E-state index contributed by atoms with van der Waals surface area (Å²) in [7, 11) is 0. The van der Waals surface area contributed by atoms with Crippen LogP contribution in [0.15, 0.2) is 24.3 Å². The van der Waals surface area contributed by atoms with Crippen molar-refractivity contribution in [2.45, 2.75) is 38.4 Å². The lowest BCUT2D eigenvalue weighted by Gasteiger charge is -2.42. The third kappa shape index (κ3) is 2.56. The van der Waals surface area contributed by atoms with E-state index in [1.807, 2.05) is 12.1 Å². The molecule has 2 heterocycles. The Hall–Kier alpha value is -0.570. The number of rotatable bonds is 2. The van der Waals surface area contributed by atoms with Gasteiger partial charge in [-0.25, -0.2) is 0 Å². The predicted octanol–water partition coefficient (Wildman–Crippen LogP) is 3.01. The van der Waals surface area contributed by atoms with Crippen LogP contribution in [0.3, 0.4) is 0 Å². The van der Waals surface area contributed by atoms with E-state index >= 15 is 0 Å². The molecule has 2 fully saturated rings. The molecule has 0 amide bonds. The van der Waals surface area contributed by atoms with Gasteiger partial charge in [-0.1, -0.05) is 23.7 Å². The van der Waals surface area contributed by atoms with Gasteiger partial charge >= 0.3 is 0 Å². The Labute approximate surface area is 115 Å². The lowest BCUT2D eigenvalue weighted by atomic mass is 10.1. The molecular formula is C15H21ClN2. The first kappa shape index (κ1) is 12.5. The van der Waals surface area contributed by atoms with Crippen molar-refractivity contribution in [2.24, 2.45) is 0 Å². The second-order valence-corrected chi connectivity index (χ2v) is 6.13. The van der Waals surface area contributed by atoms with Gasteiger partial charge in [0, 0.05) is 36.7 Å². The Morgan fingerprint density at radius 2 is 2.00 bits per heavy atom. The van der Waals surface area contributed by atoms with Crippen LogP contribution in [0, 0.1) is 0 Å². The highest BCUT2D eigenvalue weighted by molar-refractivity contribution is 6.30. The number of hydrogen-bond donors (Lipinski definition) is 0. The molecule has 3 rings (SSSR count). The first-order valence-corrected chi connectivity index (χ1v) is 7.33. The maximum Gasteiger partial charge on any atom is 0.0406 e. The lowest BCUT2D eigenvalue weighted by molar-refractivity contribution is 0.0540. The fourth-order valence-corrected chi connectivity index (χ4v) is 3.42. The van der Waals surface area contributed by atoms with Crippen molar-refractivity contribution in [3.8, 4) is 0 Å². The number of fused-ring (bicyclic) bond motifs is 1. The Morgan fingerprint density at radius 1 is 1.22 bits per heavy atom. The fourth-order valence-electron chi connectivity index (χ4n) is 3.29. The fraction of sp³-hybridized carbons (Fsp3) is 0.600. The van der Waals surface area contributed by atoms with Crippen LogP contribution >= 0.6 is 11.6 Å². The molecule has 2 aliphatic rings. The van der Waals surface area contributed by atoms with Gasteiger partial charge in [0.2, 0.25) is 0 Å². The van der Waals surface area contributed by atoms with E-state index in [4.69, 9.17) is 11.6 Å². The Morgan fingerprint density at radius 3 is 2.78 bits per heavy atom. The van der Waals surface area contributed by atoms with Gasteiger partial charge in [0.05, 0.1) is 0 Å². The second kappa shape index (κ2) is 5.20. The molecule has 0 N–H and O–H groups in total. The highest BCUT2D eigenvalue weighted by Crippen LogP contribution is 2.25. The maximum absolute atomic E-state index is 5.94. The van der Waals surface area contributed by atoms with E-state index in [0.717, 1.165) is 17.6 Å². The third-order valence-electron chi connectivity index (χ3n) is 4.37. The van der Waals surface area contributed by atoms with Gasteiger partial charge in [-0.2, -0.15) is 0 Å². The number of nitrogens with zero attached hydrogens (tertiary/aromatic N) is 2. The minimum atomic E-state index is 0.662. The van der Waals surface area contributed by atoms with Crippen molar-refractivity contribution >= 4 is 11.6 Å². The maximum atomic E-state index is 5.94. The number of piperazine rings is 1. The molecule has 2 atom stereocenters. The smallest absolute Gasteiger partial charge is 0.0406 e. The summed E-state index contributed by atoms with van der Waals surface area (Å²) in [5.74, 6) is 0. The van der Waals surface area contributed by atoms with Gasteiger partial charge in [-0.05, 0) is 44.0 Å². The number of benzene rings is 1. The molecule has 1 aromatic rings. The average molecular weight is 265 g/mol. The van der Waals surface area contributed by atoms with E-state index in [1.165, 1.54) is 38.0 Å². The summed E-state index contributed by atoms with van der Waals surface area (Å²) in [4.78, 5) is 5.29. The molecule has 2 nitrogen and oxygen atoms in total. The van der Waals surface area contributed by atoms with Crippen LogP contribution in [0.1, 0.15) is 25.3 Å². The van der Waals surface area contributed by atoms with Crippen LogP contribution in [-0.2, 0) is 6.54 Å². The normalized spacial score (nSPS) is 29.4. The molecule has 2 aliphatic heterocycles. The van der Waals surface area contributed by atoms with Crippen LogP contribution in [0.4, 0.5) is 0 Å². The largest absolute Gasteiger partial charge is 0.298 e. The van der Waals surface area contributed by atoms with Crippen molar-refractivity contribution in [3.05, 3.63) is 34.9 Å². The van der Waals surface area contributed by atoms with Gasteiger partial charge in [-0.3, -0.25) is 9.80 Å². The van der Waals surface area contributed by atoms with Crippen molar-refractivity contribution in [1.29, 1.82) is 0 Å². The Bertz CT molecular complexity index is 403. The highest BCUT2D eigenvalue weighted by Gasteiger charge is 2.33. The number of hydrogen-bond acceptors (Lipinski definition) is 2. The monoisotopic (exact) mass is 264 g/mol. The summed E-state index contributed by atoms with van der Waals surface area (Å²) in [6.45, 7) is 7.18. The topological polar surface area (TPSA) is 6.48 Å². The first-order chi connectivity index (χ1) is 8.72. The summed E-state index contributed by atoms with van der Waals surface area (Å²) in [6, 6.07) is 9.75. The van der Waals surface area contributed by atoms with E-state index in [9.17, 15) is 0 Å². The van der Waals surface area contributed by atoms with E-state index in [1.54, 1.807) is 0 Å².